The number of nitrogens with zero attached hydrogens (tertiary/aromatic N) is 1. The van der Waals surface area contributed by atoms with Crippen LogP contribution in [-0.4, -0.2) is 34.8 Å². The molecule has 1 saturated heterocycles. The zero-order valence-corrected chi connectivity index (χ0v) is 12.0. The van der Waals surface area contributed by atoms with E-state index in [1.54, 1.807) is 4.90 Å². The van der Waals surface area contributed by atoms with Gasteiger partial charge >= 0.3 is 0 Å². The Morgan fingerprint density at radius 1 is 1.39 bits per heavy atom. The van der Waals surface area contributed by atoms with Crippen molar-refractivity contribution in [2.75, 3.05) is 6.54 Å². The van der Waals surface area contributed by atoms with Crippen molar-refractivity contribution >= 4 is 23.4 Å². The molecule has 1 aliphatic rings. The highest BCUT2D eigenvalue weighted by Gasteiger charge is 2.48. The third-order valence-corrected chi connectivity index (χ3v) is 3.77. The van der Waals surface area contributed by atoms with Gasteiger partial charge < -0.3 is 10.2 Å². The van der Waals surface area contributed by atoms with Crippen molar-refractivity contribution in [3.8, 4) is 0 Å². The van der Waals surface area contributed by atoms with Crippen LogP contribution in [-0.2, 0) is 9.59 Å². The molecule has 102 valence electrons. The Hall–Kier alpha value is -1.03. The summed E-state index contributed by atoms with van der Waals surface area (Å²) in [6.45, 7) is 9.54. The predicted molar refractivity (Wildman–Crippen MR) is 72.2 cm³/mol. The van der Waals surface area contributed by atoms with Gasteiger partial charge in [0.1, 0.15) is 11.6 Å². The fraction of sp³-hybridized carbons (Fsp3) is 0.692. The van der Waals surface area contributed by atoms with E-state index in [2.05, 4.69) is 11.9 Å². The average Bonchev–Trinajstić information content (AvgIpc) is 2.33. The summed E-state index contributed by atoms with van der Waals surface area (Å²) in [7, 11) is 0. The van der Waals surface area contributed by atoms with Gasteiger partial charge in [0.2, 0.25) is 11.8 Å². The lowest BCUT2D eigenvalue weighted by Gasteiger charge is -2.45. The van der Waals surface area contributed by atoms with E-state index < -0.39 is 11.6 Å². The van der Waals surface area contributed by atoms with Crippen LogP contribution in [0.4, 0.5) is 0 Å². The zero-order chi connectivity index (χ0) is 13.9. The lowest BCUT2D eigenvalue weighted by molar-refractivity contribution is -0.155. The molecule has 0 aromatic rings. The topological polar surface area (TPSA) is 49.4 Å². The van der Waals surface area contributed by atoms with Crippen LogP contribution >= 0.6 is 11.6 Å². The molecule has 18 heavy (non-hydrogen) atoms. The number of carbonyl (C=O) groups excluding carboxylic acids is 2. The number of hydrogen-bond acceptors (Lipinski definition) is 2. The highest BCUT2D eigenvalue weighted by molar-refractivity contribution is 6.29. The van der Waals surface area contributed by atoms with Gasteiger partial charge in [-0.3, -0.25) is 9.59 Å². The summed E-state index contributed by atoms with van der Waals surface area (Å²) in [6, 6.07) is -0.445. The van der Waals surface area contributed by atoms with Gasteiger partial charge in [0.25, 0.3) is 0 Å². The molecule has 1 atom stereocenters. The van der Waals surface area contributed by atoms with Gasteiger partial charge in [-0.05, 0) is 19.3 Å². The summed E-state index contributed by atoms with van der Waals surface area (Å²) in [5.41, 5.74) is -0.783. The van der Waals surface area contributed by atoms with Crippen molar-refractivity contribution in [1.29, 1.82) is 0 Å². The van der Waals surface area contributed by atoms with Crippen LogP contribution < -0.4 is 5.32 Å². The van der Waals surface area contributed by atoms with Gasteiger partial charge in [-0.25, -0.2) is 0 Å². The largest absolute Gasteiger partial charge is 0.340 e. The molecule has 0 aromatic heterocycles. The number of piperazine rings is 1. The molecule has 0 bridgehead atoms. The van der Waals surface area contributed by atoms with Crippen LogP contribution in [0.2, 0.25) is 0 Å². The third-order valence-electron chi connectivity index (χ3n) is 3.65. The Balaban J connectivity index is 3.11. The van der Waals surface area contributed by atoms with Crippen LogP contribution in [0, 0.1) is 0 Å². The third kappa shape index (κ3) is 2.53. The Kier molecular flexibility index (Phi) is 4.79. The molecular weight excluding hydrogens is 252 g/mol. The Morgan fingerprint density at radius 2 is 1.94 bits per heavy atom. The molecule has 1 unspecified atom stereocenters. The molecule has 0 spiro atoms. The van der Waals surface area contributed by atoms with Gasteiger partial charge in [0.15, 0.2) is 0 Å². The minimum Gasteiger partial charge on any atom is -0.340 e. The van der Waals surface area contributed by atoms with E-state index in [9.17, 15) is 9.59 Å². The fourth-order valence-electron chi connectivity index (χ4n) is 2.43. The van der Waals surface area contributed by atoms with Crippen LogP contribution in [0.3, 0.4) is 0 Å². The van der Waals surface area contributed by atoms with E-state index in [4.69, 9.17) is 11.6 Å². The number of rotatable bonds is 5. The molecule has 4 nitrogen and oxygen atoms in total. The highest BCUT2D eigenvalue weighted by atomic mass is 35.5. The van der Waals surface area contributed by atoms with E-state index >= 15 is 0 Å². The minimum atomic E-state index is -0.783. The average molecular weight is 273 g/mol. The first kappa shape index (κ1) is 15.0. The number of amides is 2. The van der Waals surface area contributed by atoms with Gasteiger partial charge in [0.05, 0.1) is 6.54 Å². The summed E-state index contributed by atoms with van der Waals surface area (Å²) < 4.78 is 0. The molecule has 5 heteroatoms. The van der Waals surface area contributed by atoms with Crippen molar-refractivity contribution < 1.29 is 9.59 Å². The summed E-state index contributed by atoms with van der Waals surface area (Å²) >= 11 is 5.81. The second kappa shape index (κ2) is 5.74. The maximum atomic E-state index is 12.6. The monoisotopic (exact) mass is 272 g/mol. The first-order valence-electron chi connectivity index (χ1n) is 6.38. The van der Waals surface area contributed by atoms with Crippen LogP contribution in [0.1, 0.15) is 40.0 Å². The first-order valence-corrected chi connectivity index (χ1v) is 6.76. The van der Waals surface area contributed by atoms with E-state index in [0.29, 0.717) is 24.3 Å². The summed E-state index contributed by atoms with van der Waals surface area (Å²) in [6.07, 6.45) is 1.73. The molecule has 1 aliphatic heterocycles. The lowest BCUT2D eigenvalue weighted by Crippen LogP contribution is -2.70. The Bertz CT molecular complexity index is 364. The zero-order valence-electron chi connectivity index (χ0n) is 11.3. The molecule has 2 amide bonds. The van der Waals surface area contributed by atoms with Crippen LogP contribution in [0.15, 0.2) is 11.6 Å². The van der Waals surface area contributed by atoms with Gasteiger partial charge in [-0.15, -0.1) is 0 Å². The van der Waals surface area contributed by atoms with Gasteiger partial charge in [-0.1, -0.05) is 39.0 Å². The predicted octanol–water partition coefficient (Wildman–Crippen LogP) is 2.03. The van der Waals surface area contributed by atoms with E-state index in [0.717, 1.165) is 0 Å². The van der Waals surface area contributed by atoms with E-state index in [1.165, 1.54) is 0 Å². The van der Waals surface area contributed by atoms with Crippen molar-refractivity contribution in [3.05, 3.63) is 11.6 Å². The Labute approximate surface area is 113 Å². The second-order valence-corrected chi connectivity index (χ2v) is 5.19. The molecule has 1 fully saturated rings. The van der Waals surface area contributed by atoms with Crippen LogP contribution in [0.5, 0.6) is 0 Å². The highest BCUT2D eigenvalue weighted by Crippen LogP contribution is 2.27. The maximum Gasteiger partial charge on any atom is 0.249 e. The van der Waals surface area contributed by atoms with E-state index in [-0.39, 0.29) is 18.4 Å². The molecule has 0 aliphatic carbocycles. The second-order valence-electron chi connectivity index (χ2n) is 4.65. The smallest absolute Gasteiger partial charge is 0.249 e. The van der Waals surface area contributed by atoms with Gasteiger partial charge in [0, 0.05) is 5.03 Å². The molecule has 0 saturated carbocycles. The molecule has 1 heterocycles. The SMILES string of the molecule is C=C(Cl)CN1C(=O)C(CC)(CC)NC(=O)C1CC. The van der Waals surface area contributed by atoms with E-state index in [1.807, 2.05) is 20.8 Å². The molecule has 1 rings (SSSR count). The lowest BCUT2D eigenvalue weighted by atomic mass is 9.86. The molecule has 0 aromatic carbocycles. The Morgan fingerprint density at radius 3 is 2.33 bits per heavy atom. The maximum absolute atomic E-state index is 12.6. The summed E-state index contributed by atoms with van der Waals surface area (Å²) in [5.74, 6) is -0.153. The van der Waals surface area contributed by atoms with Crippen molar-refractivity contribution in [1.82, 2.24) is 10.2 Å². The standard InChI is InChI=1S/C13H21ClN2O2/c1-5-10-11(17)15-13(6-2,7-3)12(18)16(10)8-9(4)14/h10H,4-8H2,1-3H3,(H,15,17). The first-order chi connectivity index (χ1) is 8.41. The number of nitrogens with one attached hydrogen (secondary N) is 1. The normalized spacial score (nSPS) is 22.9. The molecule has 0 radical (unpaired) electrons. The number of halogens is 1. The van der Waals surface area contributed by atoms with Gasteiger partial charge in [-0.2, -0.15) is 0 Å². The minimum absolute atomic E-state index is 0.0549. The number of hydrogen-bond donors (Lipinski definition) is 1. The molecule has 1 N–H and O–H groups in total. The van der Waals surface area contributed by atoms with Crippen molar-refractivity contribution in [3.63, 3.8) is 0 Å². The quantitative estimate of drug-likeness (QED) is 0.833. The summed E-state index contributed by atoms with van der Waals surface area (Å²) in [5, 5.41) is 3.25. The van der Waals surface area contributed by atoms with Crippen molar-refractivity contribution in [2.24, 2.45) is 0 Å². The van der Waals surface area contributed by atoms with Crippen LogP contribution in [0.25, 0.3) is 0 Å². The fourth-order valence-corrected chi connectivity index (χ4v) is 2.56. The molecular formula is C13H21ClN2O2. The number of carbonyl (C=O) groups is 2. The van der Waals surface area contributed by atoms with Crippen molar-refractivity contribution in [2.45, 2.75) is 51.6 Å². The summed E-state index contributed by atoms with van der Waals surface area (Å²) in [4.78, 5) is 26.2.